The van der Waals surface area contributed by atoms with Crippen LogP contribution in [-0.2, 0) is 4.74 Å². The van der Waals surface area contributed by atoms with Crippen LogP contribution in [0.4, 0.5) is 4.79 Å². The van der Waals surface area contributed by atoms with Gasteiger partial charge in [-0.2, -0.15) is 0 Å². The summed E-state index contributed by atoms with van der Waals surface area (Å²) >= 11 is 0. The van der Waals surface area contributed by atoms with Gasteiger partial charge in [0.05, 0.1) is 6.61 Å². The van der Waals surface area contributed by atoms with Gasteiger partial charge in [0.25, 0.3) is 0 Å². The van der Waals surface area contributed by atoms with Crippen LogP contribution in [-0.4, -0.2) is 24.8 Å². The van der Waals surface area contributed by atoms with Crippen LogP contribution in [0.3, 0.4) is 0 Å². The number of carbonyl (C=O) groups excluding carboxylic acids is 1. The van der Waals surface area contributed by atoms with Gasteiger partial charge in [0.15, 0.2) is 0 Å². The first-order valence-corrected chi connectivity index (χ1v) is 7.97. The Kier molecular flexibility index (Phi) is 7.22. The maximum absolute atomic E-state index is 11.4. The van der Waals surface area contributed by atoms with E-state index in [1.54, 1.807) is 0 Å². The quantitative estimate of drug-likeness (QED) is 0.755. The Morgan fingerprint density at radius 3 is 2.32 bits per heavy atom. The number of rotatable bonds is 7. The highest BCUT2D eigenvalue weighted by Crippen LogP contribution is 2.18. The molecule has 0 aliphatic carbocycles. The van der Waals surface area contributed by atoms with E-state index in [0.29, 0.717) is 19.1 Å². The van der Waals surface area contributed by atoms with E-state index < -0.39 is 5.60 Å². The molecule has 0 fully saturated rings. The third-order valence-electron chi connectivity index (χ3n) is 3.05. The summed E-state index contributed by atoms with van der Waals surface area (Å²) in [6, 6.07) is 8.22. The molecule has 1 amide bonds. The number of alkyl carbamates (subject to hydrolysis) is 1. The summed E-state index contributed by atoms with van der Waals surface area (Å²) in [6.45, 7) is 11.2. The molecular formula is C18H29NO3. The second-order valence-corrected chi connectivity index (χ2v) is 6.71. The molecule has 0 aromatic heterocycles. The first kappa shape index (κ1) is 18.3. The zero-order valence-electron chi connectivity index (χ0n) is 14.4. The van der Waals surface area contributed by atoms with Crippen LogP contribution in [0.25, 0.3) is 0 Å². The predicted octanol–water partition coefficient (Wildman–Crippen LogP) is 4.49. The van der Waals surface area contributed by atoms with E-state index in [1.165, 1.54) is 5.56 Å². The largest absolute Gasteiger partial charge is 0.494 e. The minimum absolute atomic E-state index is 0.363. The van der Waals surface area contributed by atoms with Gasteiger partial charge < -0.3 is 14.8 Å². The van der Waals surface area contributed by atoms with E-state index in [1.807, 2.05) is 32.9 Å². The third-order valence-corrected chi connectivity index (χ3v) is 3.05. The molecule has 0 spiro atoms. The number of carbonyl (C=O) groups is 1. The highest BCUT2D eigenvalue weighted by molar-refractivity contribution is 5.67. The van der Waals surface area contributed by atoms with Crippen molar-refractivity contribution >= 4 is 6.09 Å². The normalized spacial score (nSPS) is 11.4. The summed E-state index contributed by atoms with van der Waals surface area (Å²) in [5, 5.41) is 2.74. The molecule has 0 bridgehead atoms. The monoisotopic (exact) mass is 307 g/mol. The molecule has 0 aliphatic heterocycles. The van der Waals surface area contributed by atoms with Crippen LogP contribution in [0.1, 0.15) is 58.9 Å². The van der Waals surface area contributed by atoms with Crippen LogP contribution in [0.5, 0.6) is 5.75 Å². The van der Waals surface area contributed by atoms with Gasteiger partial charge in [-0.25, -0.2) is 4.79 Å². The van der Waals surface area contributed by atoms with Crippen molar-refractivity contribution in [1.82, 2.24) is 5.32 Å². The van der Waals surface area contributed by atoms with E-state index in [2.05, 4.69) is 31.3 Å². The molecule has 1 rings (SSSR count). The lowest BCUT2D eigenvalue weighted by Gasteiger charge is -2.19. The Morgan fingerprint density at radius 2 is 1.77 bits per heavy atom. The van der Waals surface area contributed by atoms with Crippen LogP contribution >= 0.6 is 0 Å². The van der Waals surface area contributed by atoms with Crippen molar-refractivity contribution < 1.29 is 14.3 Å². The number of nitrogens with one attached hydrogen (secondary N) is 1. The summed E-state index contributed by atoms with van der Waals surface area (Å²) in [6.07, 6.45) is 1.39. The van der Waals surface area contributed by atoms with Crippen molar-refractivity contribution in [2.24, 2.45) is 0 Å². The minimum atomic E-state index is -0.449. The average molecular weight is 307 g/mol. The lowest BCUT2D eigenvalue weighted by atomic mass is 10.0. The Labute approximate surface area is 134 Å². The molecule has 1 aromatic rings. The van der Waals surface area contributed by atoms with Crippen LogP contribution in [0.15, 0.2) is 24.3 Å². The molecule has 22 heavy (non-hydrogen) atoms. The zero-order chi connectivity index (χ0) is 16.6. The lowest BCUT2D eigenvalue weighted by Crippen LogP contribution is -2.33. The molecule has 124 valence electrons. The van der Waals surface area contributed by atoms with Crippen molar-refractivity contribution in [1.29, 1.82) is 0 Å². The fraction of sp³-hybridized carbons (Fsp3) is 0.611. The fourth-order valence-corrected chi connectivity index (χ4v) is 1.87. The molecule has 4 nitrogen and oxygen atoms in total. The summed E-state index contributed by atoms with van der Waals surface area (Å²) in [7, 11) is 0. The second kappa shape index (κ2) is 8.66. The Balaban J connectivity index is 2.12. The van der Waals surface area contributed by atoms with Crippen molar-refractivity contribution in [2.45, 2.75) is 59.0 Å². The molecule has 0 atom stereocenters. The van der Waals surface area contributed by atoms with Crippen molar-refractivity contribution in [3.63, 3.8) is 0 Å². The average Bonchev–Trinajstić information content (AvgIpc) is 2.41. The number of ether oxygens (including phenoxy) is 2. The van der Waals surface area contributed by atoms with Gasteiger partial charge in [0, 0.05) is 6.54 Å². The minimum Gasteiger partial charge on any atom is -0.494 e. The van der Waals surface area contributed by atoms with E-state index in [4.69, 9.17) is 9.47 Å². The molecule has 1 aromatic carbocycles. The van der Waals surface area contributed by atoms with Crippen molar-refractivity contribution in [3.8, 4) is 5.75 Å². The molecule has 1 N–H and O–H groups in total. The number of benzene rings is 1. The number of hydrogen-bond acceptors (Lipinski definition) is 3. The van der Waals surface area contributed by atoms with Gasteiger partial charge in [-0.05, 0) is 57.2 Å². The first-order valence-electron chi connectivity index (χ1n) is 7.97. The van der Waals surface area contributed by atoms with Crippen molar-refractivity contribution in [2.75, 3.05) is 13.2 Å². The van der Waals surface area contributed by atoms with Crippen molar-refractivity contribution in [3.05, 3.63) is 29.8 Å². The smallest absolute Gasteiger partial charge is 0.407 e. The molecular weight excluding hydrogens is 278 g/mol. The molecule has 0 unspecified atom stereocenters. The zero-order valence-corrected chi connectivity index (χ0v) is 14.4. The van der Waals surface area contributed by atoms with Gasteiger partial charge in [-0.15, -0.1) is 0 Å². The Bertz CT molecular complexity index is 446. The standard InChI is InChI=1S/C18H29NO3/c1-14(2)15-8-10-16(11-9-15)21-13-7-6-12-19-17(20)22-18(3,4)5/h8-11,14H,6-7,12-13H2,1-5H3,(H,19,20). The second-order valence-electron chi connectivity index (χ2n) is 6.71. The van der Waals surface area contributed by atoms with Gasteiger partial charge in [0.1, 0.15) is 11.4 Å². The van der Waals surface area contributed by atoms with Gasteiger partial charge in [-0.3, -0.25) is 0 Å². The molecule has 0 radical (unpaired) electrons. The summed E-state index contributed by atoms with van der Waals surface area (Å²) in [4.78, 5) is 11.4. The van der Waals surface area contributed by atoms with Crippen LogP contribution in [0, 0.1) is 0 Å². The maximum Gasteiger partial charge on any atom is 0.407 e. The highest BCUT2D eigenvalue weighted by atomic mass is 16.6. The van der Waals surface area contributed by atoms with E-state index in [0.717, 1.165) is 18.6 Å². The van der Waals surface area contributed by atoms with Gasteiger partial charge in [0.2, 0.25) is 0 Å². The molecule has 0 heterocycles. The fourth-order valence-electron chi connectivity index (χ4n) is 1.87. The van der Waals surface area contributed by atoms with E-state index in [9.17, 15) is 4.79 Å². The maximum atomic E-state index is 11.4. The molecule has 0 aliphatic rings. The topological polar surface area (TPSA) is 47.6 Å². The van der Waals surface area contributed by atoms with E-state index in [-0.39, 0.29) is 6.09 Å². The summed E-state index contributed by atoms with van der Waals surface area (Å²) < 4.78 is 10.8. The Morgan fingerprint density at radius 1 is 1.14 bits per heavy atom. The third kappa shape index (κ3) is 7.91. The van der Waals surface area contributed by atoms with Gasteiger partial charge >= 0.3 is 6.09 Å². The van der Waals surface area contributed by atoms with Gasteiger partial charge in [-0.1, -0.05) is 26.0 Å². The summed E-state index contributed by atoms with van der Waals surface area (Å²) in [5.41, 5.74) is 0.865. The van der Waals surface area contributed by atoms with Crippen LogP contribution in [0.2, 0.25) is 0 Å². The SMILES string of the molecule is CC(C)c1ccc(OCCCCNC(=O)OC(C)(C)C)cc1. The number of hydrogen-bond donors (Lipinski definition) is 1. The number of unbranched alkanes of at least 4 members (excludes halogenated alkanes) is 1. The van der Waals surface area contributed by atoms with E-state index >= 15 is 0 Å². The first-order chi connectivity index (χ1) is 10.3. The molecule has 0 saturated carbocycles. The molecule has 4 heteroatoms. The number of amides is 1. The molecule has 0 saturated heterocycles. The highest BCUT2D eigenvalue weighted by Gasteiger charge is 2.15. The summed E-state index contributed by atoms with van der Waals surface area (Å²) in [5.74, 6) is 1.43. The Hall–Kier alpha value is -1.71. The lowest BCUT2D eigenvalue weighted by molar-refractivity contribution is 0.0526. The van der Waals surface area contributed by atoms with Crippen LogP contribution < -0.4 is 10.1 Å². The predicted molar refractivity (Wildman–Crippen MR) is 89.5 cm³/mol.